The Morgan fingerprint density at radius 2 is 0.458 bits per heavy atom. The van der Waals surface area contributed by atoms with Gasteiger partial charge in [-0.3, -0.25) is 19.2 Å². The Balaban J connectivity index is 0.837. The quantitative estimate of drug-likeness (QED) is 0.0281. The Bertz CT molecular complexity index is 5320. The van der Waals surface area contributed by atoms with Gasteiger partial charge in [0.25, 0.3) is 23.6 Å². The zero-order valence-corrected chi connectivity index (χ0v) is 90.3. The van der Waals surface area contributed by atoms with Crippen LogP contribution in [0.25, 0.3) is 91.1 Å². The lowest BCUT2D eigenvalue weighted by Crippen LogP contribution is -2.56. The third-order valence-corrected chi connectivity index (χ3v) is 47.5. The van der Waals surface area contributed by atoms with Gasteiger partial charge >= 0.3 is 0 Å². The SMILES string of the molecule is CCCCCCc1ccc(-c2ccc(-c3ccc(C4=C5C(=O)N(CC(CC)CCCC)C(c6ccc(-c7cc8c(s7)-c7sc(-c9ccc(C%10=C%11C(=O)N(CC(CC)CCCC)C(c%12ccc(-c%13ccc(-c%14ccc(CCCCCC)s%14)s%13)s%12)=C%11C(=O)N%10CC(CC)CCCC)s9)cc7[Si]8(CC(CC)CCCC)CC(CC)CCCC)s6)=C5C(=O)N4CC(CC)CCCC)s3)s2)s1. The molecule has 0 saturated carbocycles. The molecule has 5 aliphatic heterocycles. The van der Waals surface area contributed by atoms with Crippen LogP contribution in [0.5, 0.6) is 0 Å². The van der Waals surface area contributed by atoms with Crippen molar-refractivity contribution in [1.29, 1.82) is 0 Å². The molecule has 0 N–H and O–H groups in total. The minimum atomic E-state index is -2.59. The van der Waals surface area contributed by atoms with Gasteiger partial charge in [-0.15, -0.1) is 113 Å². The zero-order valence-electron chi connectivity index (χ0n) is 81.1. The van der Waals surface area contributed by atoms with Crippen molar-refractivity contribution < 1.29 is 19.2 Å². The van der Waals surface area contributed by atoms with Crippen molar-refractivity contribution in [2.45, 2.75) is 327 Å². The number of carbonyl (C=O) groups is 4. The number of unbranched alkanes of at least 4 members (excludes halogenated alkanes) is 12. The molecular formula is C112H146N4O4S10Si. The average Bonchev–Trinajstić information content (AvgIpc) is 1.55. The molecule has 702 valence electrons. The van der Waals surface area contributed by atoms with Crippen LogP contribution >= 0.6 is 113 Å². The molecule has 6 unspecified atom stereocenters. The maximum Gasteiger partial charge on any atom is 0.261 e. The largest absolute Gasteiger partial charge is 0.306 e. The Morgan fingerprint density at radius 3 is 0.710 bits per heavy atom. The number of aryl methyl sites for hydroxylation is 2. The second kappa shape index (κ2) is 46.9. The molecule has 0 radical (unpaired) electrons. The summed E-state index contributed by atoms with van der Waals surface area (Å²) in [6.07, 6.45) is 38.7. The van der Waals surface area contributed by atoms with Crippen LogP contribution in [0.15, 0.2) is 131 Å². The van der Waals surface area contributed by atoms with Crippen LogP contribution in [-0.4, -0.2) is 77.5 Å². The minimum absolute atomic E-state index is 0.0230. The molecule has 15 heterocycles. The number of thiophene rings is 10. The molecule has 5 aliphatic rings. The summed E-state index contributed by atoms with van der Waals surface area (Å²) in [5, 5.41) is 3.26. The van der Waals surface area contributed by atoms with Crippen LogP contribution in [0.4, 0.5) is 0 Å². The predicted molar refractivity (Wildman–Crippen MR) is 581 cm³/mol. The molecule has 0 aromatic carbocycles. The Kier molecular flexibility index (Phi) is 35.7. The molecule has 10 aromatic heterocycles. The molecule has 0 spiro atoms. The number of nitrogens with zero attached hydrogens (tertiary/aromatic N) is 4. The van der Waals surface area contributed by atoms with Crippen molar-refractivity contribution >= 4 is 178 Å². The maximum absolute atomic E-state index is 16.4. The summed E-state index contributed by atoms with van der Waals surface area (Å²) < 4.78 is 0. The van der Waals surface area contributed by atoms with Crippen LogP contribution < -0.4 is 10.4 Å². The summed E-state index contributed by atoms with van der Waals surface area (Å²) in [7, 11) is -2.59. The zero-order chi connectivity index (χ0) is 92.0. The smallest absolute Gasteiger partial charge is 0.261 e. The van der Waals surface area contributed by atoms with Crippen LogP contribution in [0.1, 0.15) is 332 Å². The number of fused-ring (bicyclic) bond motifs is 5. The van der Waals surface area contributed by atoms with E-state index in [1.54, 1.807) is 55.7 Å². The van der Waals surface area contributed by atoms with Crippen molar-refractivity contribution in [3.05, 3.63) is 161 Å². The normalized spacial score (nSPS) is 17.1. The van der Waals surface area contributed by atoms with Crippen molar-refractivity contribution in [2.24, 2.45) is 35.5 Å². The summed E-state index contributed by atoms with van der Waals surface area (Å²) in [5.41, 5.74) is 5.65. The molecule has 4 amide bonds. The van der Waals surface area contributed by atoms with E-state index in [1.807, 2.05) is 68.0 Å². The van der Waals surface area contributed by atoms with Gasteiger partial charge in [-0.2, -0.15) is 0 Å². The van der Waals surface area contributed by atoms with Crippen LogP contribution in [0, 0.1) is 35.5 Å². The summed E-state index contributed by atoms with van der Waals surface area (Å²) in [4.78, 5) is 98.6. The first-order chi connectivity index (χ1) is 64.0. The van der Waals surface area contributed by atoms with Crippen molar-refractivity contribution in [3.63, 3.8) is 0 Å². The molecule has 0 aliphatic carbocycles. The van der Waals surface area contributed by atoms with Gasteiger partial charge in [-0.1, -0.05) is 264 Å². The number of carbonyl (C=O) groups excluding carboxylic acids is 4. The summed E-state index contributed by atoms with van der Waals surface area (Å²) in [5.74, 6) is 2.23. The van der Waals surface area contributed by atoms with Crippen molar-refractivity contribution in [3.8, 4) is 68.3 Å². The van der Waals surface area contributed by atoms with Gasteiger partial charge in [0.15, 0.2) is 0 Å². The van der Waals surface area contributed by atoms with Gasteiger partial charge in [-0.25, -0.2) is 0 Å². The van der Waals surface area contributed by atoms with E-state index < -0.39 is 8.07 Å². The fourth-order valence-electron chi connectivity index (χ4n) is 21.2. The standard InChI is InChI=1S/C112H146N4O4S10Si/c1-15-29-37-39-47-79-49-51-81(121-79)83-53-55-85(123-83)87-57-61-91(125-87)103-99-101(111(119)113(103)67-73(23-9)41-31-17-3)105(115(109(99)117)69-75(25-11)43-33-19-5)93-63-59-89(127-93)95-65-97-107(129-95)108-98(131(97,71-77(27-13)45-35-21-7)72-78(28-14)46-36-22-8)66-96(130-108)90-60-64-94(128-90)106-102-100(110(118)116(106)70-76(26-12)44-34-20-6)104(114(112(102)120)68-74(24-10)42-32-18-4)92-62-58-88(126-92)86-56-54-84(124-86)82-52-50-80(122-82)48-40-38-30-16-2/h49-66,73-78H,15-48,67-72H2,1-14H3. The van der Waals surface area contributed by atoms with Gasteiger partial charge in [0.1, 0.15) is 8.07 Å². The lowest BCUT2D eigenvalue weighted by molar-refractivity contribution is -0.124. The molecular weight excluding hydrogens is 1810 g/mol. The maximum atomic E-state index is 16.4. The highest BCUT2D eigenvalue weighted by Crippen LogP contribution is 2.57. The summed E-state index contributed by atoms with van der Waals surface area (Å²) >= 11 is 18.7. The number of hydrogen-bond donors (Lipinski definition) is 0. The molecule has 6 atom stereocenters. The van der Waals surface area contributed by atoms with Crippen LogP contribution in [0.3, 0.4) is 0 Å². The Morgan fingerprint density at radius 1 is 0.237 bits per heavy atom. The molecule has 8 nitrogen and oxygen atoms in total. The topological polar surface area (TPSA) is 81.2 Å². The van der Waals surface area contributed by atoms with E-state index in [2.05, 4.69) is 226 Å². The highest BCUT2D eigenvalue weighted by Gasteiger charge is 2.54. The Hall–Kier alpha value is -5.94. The third-order valence-electron chi connectivity index (χ3n) is 29.3. The molecule has 131 heavy (non-hydrogen) atoms. The van der Waals surface area contributed by atoms with Crippen molar-refractivity contribution in [1.82, 2.24) is 19.6 Å². The van der Waals surface area contributed by atoms with Crippen molar-refractivity contribution in [2.75, 3.05) is 26.2 Å². The van der Waals surface area contributed by atoms with Gasteiger partial charge in [-0.05, 0) is 219 Å². The second-order valence-electron chi connectivity index (χ2n) is 38.4. The summed E-state index contributed by atoms with van der Waals surface area (Å²) in [6.45, 7) is 34.8. The minimum Gasteiger partial charge on any atom is -0.306 e. The Labute approximate surface area is 827 Å². The number of rotatable bonds is 56. The highest BCUT2D eigenvalue weighted by atomic mass is 32.1. The number of amides is 4. The van der Waals surface area contributed by atoms with E-state index in [9.17, 15) is 0 Å². The van der Waals surface area contributed by atoms with E-state index in [4.69, 9.17) is 0 Å². The molecule has 15 rings (SSSR count). The molecule has 0 saturated heterocycles. The van der Waals surface area contributed by atoms with Gasteiger partial charge in [0.2, 0.25) is 0 Å². The van der Waals surface area contributed by atoms with Gasteiger partial charge < -0.3 is 19.6 Å². The second-order valence-corrected chi connectivity index (χ2v) is 53.4. The van der Waals surface area contributed by atoms with E-state index >= 15 is 19.2 Å². The first-order valence-corrected chi connectivity index (χ1v) is 61.9. The molecule has 19 heteroatoms. The molecule has 0 fully saturated rings. The van der Waals surface area contributed by atoms with Crippen LogP contribution in [0.2, 0.25) is 12.1 Å². The highest BCUT2D eigenvalue weighted by molar-refractivity contribution is 7.34. The summed E-state index contributed by atoms with van der Waals surface area (Å²) in [6, 6.07) is 44.5. The van der Waals surface area contributed by atoms with E-state index in [1.165, 1.54) is 180 Å². The predicted octanol–water partition coefficient (Wildman–Crippen LogP) is 35.0. The first kappa shape index (κ1) is 99.5. The van der Waals surface area contributed by atoms with Crippen LogP contribution in [-0.2, 0) is 32.0 Å². The van der Waals surface area contributed by atoms with Gasteiger partial charge in [0.05, 0.1) is 64.6 Å². The van der Waals surface area contributed by atoms with E-state index in [-0.39, 0.29) is 35.5 Å². The average molecular weight is 1960 g/mol. The lowest BCUT2D eigenvalue weighted by atomic mass is 9.98. The number of hydrogen-bond acceptors (Lipinski definition) is 14. The van der Waals surface area contributed by atoms with E-state index in [0.717, 1.165) is 171 Å². The fraction of sp³-hybridized carbons (Fsp3) is 0.536. The monoisotopic (exact) mass is 1960 g/mol. The third kappa shape index (κ3) is 21.7. The van der Waals surface area contributed by atoms with E-state index in [0.29, 0.717) is 72.1 Å². The first-order valence-electron chi connectivity index (χ1n) is 51.3. The fourth-order valence-corrected chi connectivity index (χ4v) is 40.5. The molecule has 10 aromatic rings. The van der Waals surface area contributed by atoms with Gasteiger partial charge in [0, 0.05) is 104 Å². The molecule has 0 bridgehead atoms. The lowest BCUT2D eigenvalue weighted by Gasteiger charge is -2.35.